The summed E-state index contributed by atoms with van der Waals surface area (Å²) in [4.78, 5) is 19.3. The van der Waals surface area contributed by atoms with Gasteiger partial charge in [0.1, 0.15) is 0 Å². The predicted molar refractivity (Wildman–Crippen MR) is 139 cm³/mol. The zero-order valence-electron chi connectivity index (χ0n) is 20.3. The molecule has 1 aliphatic heterocycles. The molecule has 1 unspecified atom stereocenters. The van der Waals surface area contributed by atoms with E-state index >= 15 is 0 Å². The second kappa shape index (κ2) is 12.6. The molecular weight excluding hydrogens is 412 g/mol. The largest absolute Gasteiger partial charge is 0.332 e. The quantitative estimate of drug-likeness (QED) is 0.424. The van der Waals surface area contributed by atoms with Gasteiger partial charge in [0.05, 0.1) is 0 Å². The summed E-state index contributed by atoms with van der Waals surface area (Å²) in [6.07, 6.45) is 15.0. The highest BCUT2D eigenvalue weighted by Gasteiger charge is 2.29. The summed E-state index contributed by atoms with van der Waals surface area (Å²) in [5.74, 6) is 1.58. The minimum Gasteiger partial charge on any atom is -0.332 e. The van der Waals surface area contributed by atoms with Crippen molar-refractivity contribution >= 4 is 18.5 Å². The topological polar surface area (TPSA) is 23.6 Å². The van der Waals surface area contributed by atoms with E-state index in [1.807, 2.05) is 24.3 Å². The van der Waals surface area contributed by atoms with Gasteiger partial charge in [0, 0.05) is 36.1 Å². The molecule has 0 N–H and O–H groups in total. The lowest BCUT2D eigenvalue weighted by molar-refractivity contribution is 0.0592. The molecule has 1 heterocycles. The summed E-state index contributed by atoms with van der Waals surface area (Å²) in [6, 6.07) is 8.01. The van der Waals surface area contributed by atoms with Crippen molar-refractivity contribution in [2.45, 2.75) is 76.7 Å². The van der Waals surface area contributed by atoms with E-state index in [1.165, 1.54) is 37.8 Å². The number of likely N-dealkylation sites (tertiary alicyclic amines) is 1. The van der Waals surface area contributed by atoms with Crippen molar-refractivity contribution in [3.63, 3.8) is 0 Å². The zero-order chi connectivity index (χ0) is 22.9. The van der Waals surface area contributed by atoms with Crippen molar-refractivity contribution in [2.24, 2.45) is 11.8 Å². The van der Waals surface area contributed by atoms with Crippen molar-refractivity contribution in [3.8, 4) is 0 Å². The van der Waals surface area contributed by atoms with Crippen LogP contribution < -0.4 is 0 Å². The van der Waals surface area contributed by atoms with Crippen molar-refractivity contribution in [2.75, 3.05) is 26.2 Å². The van der Waals surface area contributed by atoms with E-state index < -0.39 is 0 Å². The van der Waals surface area contributed by atoms with Crippen LogP contribution in [0.1, 0.15) is 76.1 Å². The Morgan fingerprint density at radius 2 is 1.88 bits per heavy atom. The Hall–Kier alpha value is -1.52. The number of hydrogen-bond donors (Lipinski definition) is 1. The number of amides is 1. The monoisotopic (exact) mass is 454 g/mol. The van der Waals surface area contributed by atoms with Gasteiger partial charge in [-0.2, -0.15) is 0 Å². The molecule has 1 amide bonds. The Bertz CT molecular complexity index is 775. The molecule has 0 aromatic heterocycles. The molecule has 4 heteroatoms. The Morgan fingerprint density at radius 3 is 2.53 bits per heavy atom. The van der Waals surface area contributed by atoms with Crippen LogP contribution in [0.2, 0.25) is 0 Å². The number of hydrogen-bond acceptors (Lipinski definition) is 3. The van der Waals surface area contributed by atoms with Crippen LogP contribution in [0.5, 0.6) is 0 Å². The van der Waals surface area contributed by atoms with Crippen LogP contribution in [0.15, 0.2) is 53.0 Å². The summed E-state index contributed by atoms with van der Waals surface area (Å²) in [6.45, 7) is 11.0. The summed E-state index contributed by atoms with van der Waals surface area (Å²) in [5, 5.41) is 0. The highest BCUT2D eigenvalue weighted by molar-refractivity contribution is 7.80. The van der Waals surface area contributed by atoms with E-state index in [4.69, 9.17) is 0 Å². The van der Waals surface area contributed by atoms with Crippen LogP contribution in [0, 0.1) is 11.8 Å². The number of rotatable bonds is 9. The van der Waals surface area contributed by atoms with Gasteiger partial charge in [-0.15, -0.1) is 12.6 Å². The minimum absolute atomic E-state index is 0.165. The Morgan fingerprint density at radius 1 is 1.16 bits per heavy atom. The first-order valence-electron chi connectivity index (χ1n) is 12.6. The third kappa shape index (κ3) is 7.52. The van der Waals surface area contributed by atoms with Gasteiger partial charge in [-0.3, -0.25) is 4.79 Å². The molecule has 0 spiro atoms. The van der Waals surface area contributed by atoms with Crippen LogP contribution in [0.3, 0.4) is 0 Å². The summed E-state index contributed by atoms with van der Waals surface area (Å²) < 4.78 is 0. The minimum atomic E-state index is 0.165. The molecule has 1 aromatic carbocycles. The van der Waals surface area contributed by atoms with E-state index in [9.17, 15) is 4.79 Å². The van der Waals surface area contributed by atoms with Crippen LogP contribution in [-0.2, 0) is 0 Å². The Balaban J connectivity index is 1.69. The van der Waals surface area contributed by atoms with E-state index in [0.717, 1.165) is 55.3 Å². The molecule has 1 saturated heterocycles. The first kappa shape index (κ1) is 25.1. The Kier molecular flexibility index (Phi) is 9.92. The molecule has 176 valence electrons. The van der Waals surface area contributed by atoms with Gasteiger partial charge in [0.15, 0.2) is 0 Å². The van der Waals surface area contributed by atoms with Crippen LogP contribution >= 0.6 is 12.6 Å². The third-order valence-corrected chi connectivity index (χ3v) is 7.28. The second-order valence-corrected chi connectivity index (χ2v) is 10.5. The molecule has 2 aliphatic rings. The molecule has 0 saturated carbocycles. The van der Waals surface area contributed by atoms with Crippen molar-refractivity contribution < 1.29 is 4.79 Å². The van der Waals surface area contributed by atoms with Gasteiger partial charge in [-0.05, 0) is 81.2 Å². The van der Waals surface area contributed by atoms with Crippen molar-refractivity contribution in [1.29, 1.82) is 0 Å². The van der Waals surface area contributed by atoms with Gasteiger partial charge in [0.2, 0.25) is 0 Å². The lowest BCUT2D eigenvalue weighted by Gasteiger charge is -2.39. The average Bonchev–Trinajstić information content (AvgIpc) is 3.02. The lowest BCUT2D eigenvalue weighted by atomic mass is 9.96. The third-order valence-electron chi connectivity index (χ3n) is 6.98. The van der Waals surface area contributed by atoms with Crippen molar-refractivity contribution in [1.82, 2.24) is 9.80 Å². The fourth-order valence-electron chi connectivity index (χ4n) is 4.89. The maximum Gasteiger partial charge on any atom is 0.254 e. The molecule has 1 aliphatic carbocycles. The van der Waals surface area contributed by atoms with Crippen LogP contribution in [-0.4, -0.2) is 47.9 Å². The first-order valence-corrected chi connectivity index (χ1v) is 13.1. The Labute approximate surface area is 201 Å². The van der Waals surface area contributed by atoms with Crippen LogP contribution in [0.4, 0.5) is 0 Å². The number of allylic oxidation sites excluding steroid dienone is 3. The first-order chi connectivity index (χ1) is 15.5. The van der Waals surface area contributed by atoms with Gasteiger partial charge in [0.25, 0.3) is 5.91 Å². The van der Waals surface area contributed by atoms with Crippen molar-refractivity contribution in [3.05, 3.63) is 53.6 Å². The maximum absolute atomic E-state index is 13.6. The standard InChI is InChI=1S/C28H42N2OS/c1-4-6-23-7-5-8-24(10-9-23)21-30(28(31)25-11-13-27(32)14-12-25)26-16-19-29(20-17-26)18-15-22(2)3/h5,7-8,11-14,22-23,26,32H,4,6,9-10,15-21H2,1-3H3. The summed E-state index contributed by atoms with van der Waals surface area (Å²) in [5.41, 5.74) is 2.17. The number of carbonyl (C=O) groups is 1. The smallest absolute Gasteiger partial charge is 0.254 e. The van der Waals surface area contributed by atoms with Crippen LogP contribution in [0.25, 0.3) is 0 Å². The molecule has 32 heavy (non-hydrogen) atoms. The van der Waals surface area contributed by atoms with Gasteiger partial charge >= 0.3 is 0 Å². The molecule has 1 atom stereocenters. The lowest BCUT2D eigenvalue weighted by Crippen LogP contribution is -2.48. The molecule has 1 fully saturated rings. The van der Waals surface area contributed by atoms with E-state index in [0.29, 0.717) is 12.0 Å². The number of carbonyl (C=O) groups excluding carboxylic acids is 1. The average molecular weight is 455 g/mol. The number of thiol groups is 1. The normalized spacial score (nSPS) is 20.3. The fourth-order valence-corrected chi connectivity index (χ4v) is 5.04. The van der Waals surface area contributed by atoms with E-state index in [-0.39, 0.29) is 5.91 Å². The van der Waals surface area contributed by atoms with Gasteiger partial charge < -0.3 is 9.80 Å². The maximum atomic E-state index is 13.6. The SMILES string of the molecule is CCCC1C=CC=C(CN(C(=O)c2ccc(S)cc2)C2CCN(CCC(C)C)CC2)CC1. The highest BCUT2D eigenvalue weighted by Crippen LogP contribution is 2.26. The molecule has 1 aromatic rings. The highest BCUT2D eigenvalue weighted by atomic mass is 32.1. The van der Waals surface area contributed by atoms with E-state index in [1.54, 1.807) is 0 Å². The van der Waals surface area contributed by atoms with Gasteiger partial charge in [-0.25, -0.2) is 0 Å². The summed E-state index contributed by atoms with van der Waals surface area (Å²) in [7, 11) is 0. The molecule has 3 rings (SSSR count). The number of benzene rings is 1. The fraction of sp³-hybridized carbons (Fsp3) is 0.607. The molecule has 0 radical (unpaired) electrons. The zero-order valence-corrected chi connectivity index (χ0v) is 21.2. The molecule has 3 nitrogen and oxygen atoms in total. The molecule has 0 bridgehead atoms. The predicted octanol–water partition coefficient (Wildman–Crippen LogP) is 6.62. The summed E-state index contributed by atoms with van der Waals surface area (Å²) >= 11 is 4.39. The van der Waals surface area contributed by atoms with E-state index in [2.05, 4.69) is 61.4 Å². The van der Waals surface area contributed by atoms with Gasteiger partial charge in [-0.1, -0.05) is 51.0 Å². The molecular formula is C28H42N2OS. The number of nitrogens with zero attached hydrogens (tertiary/aromatic N) is 2. The number of piperidine rings is 1. The second-order valence-electron chi connectivity index (χ2n) is 10.0.